The van der Waals surface area contributed by atoms with Gasteiger partial charge in [0.05, 0.1) is 7.11 Å². The fourth-order valence-electron chi connectivity index (χ4n) is 1.82. The maximum atomic E-state index is 6.01. The van der Waals surface area contributed by atoms with Crippen molar-refractivity contribution in [3.63, 3.8) is 0 Å². The summed E-state index contributed by atoms with van der Waals surface area (Å²) in [6.45, 7) is 0.812. The van der Waals surface area contributed by atoms with Gasteiger partial charge in [-0.3, -0.25) is 0 Å². The molecule has 0 bridgehead atoms. The molecule has 0 aliphatic heterocycles. The highest BCUT2D eigenvalue weighted by atomic mass is 35.5. The van der Waals surface area contributed by atoms with Crippen molar-refractivity contribution in [2.24, 2.45) is 5.73 Å². The highest BCUT2D eigenvalue weighted by molar-refractivity contribution is 6.30. The number of rotatable bonds is 5. The average Bonchev–Trinajstić information content (AvgIpc) is 2.46. The van der Waals surface area contributed by atoms with E-state index in [9.17, 15) is 0 Å². The maximum Gasteiger partial charge on any atom is 0.166 e. The van der Waals surface area contributed by atoms with E-state index in [1.807, 2.05) is 30.3 Å². The van der Waals surface area contributed by atoms with E-state index in [-0.39, 0.29) is 0 Å². The lowest BCUT2D eigenvalue weighted by molar-refractivity contribution is 0.281. The number of nitrogens with two attached hydrogens (primary N) is 1. The topological polar surface area (TPSA) is 44.5 Å². The van der Waals surface area contributed by atoms with Crippen molar-refractivity contribution in [3.8, 4) is 11.5 Å². The first kappa shape index (κ1) is 13.7. The predicted molar refractivity (Wildman–Crippen MR) is 76.7 cm³/mol. The molecule has 0 unspecified atom stereocenters. The second-order valence-corrected chi connectivity index (χ2v) is 4.51. The Morgan fingerprint density at radius 2 is 1.89 bits per heavy atom. The van der Waals surface area contributed by atoms with Crippen LogP contribution in [0.1, 0.15) is 11.1 Å². The van der Waals surface area contributed by atoms with E-state index < -0.39 is 0 Å². The number of hydrogen-bond donors (Lipinski definition) is 1. The quantitative estimate of drug-likeness (QED) is 0.911. The van der Waals surface area contributed by atoms with Crippen LogP contribution in [0.3, 0.4) is 0 Å². The van der Waals surface area contributed by atoms with Gasteiger partial charge in [-0.2, -0.15) is 0 Å². The molecule has 3 nitrogen and oxygen atoms in total. The Bertz CT molecular complexity index is 518. The van der Waals surface area contributed by atoms with Crippen LogP contribution in [0.4, 0.5) is 0 Å². The molecule has 2 rings (SSSR count). The van der Waals surface area contributed by atoms with E-state index in [4.69, 9.17) is 26.8 Å². The SMILES string of the molecule is COc1cc(Cl)cc(CN)c1OCc1ccccc1. The van der Waals surface area contributed by atoms with E-state index >= 15 is 0 Å². The summed E-state index contributed by atoms with van der Waals surface area (Å²) in [5, 5.41) is 0.587. The lowest BCUT2D eigenvalue weighted by atomic mass is 10.2. The molecule has 0 saturated heterocycles. The van der Waals surface area contributed by atoms with Gasteiger partial charge >= 0.3 is 0 Å². The summed E-state index contributed by atoms with van der Waals surface area (Å²) in [4.78, 5) is 0. The Morgan fingerprint density at radius 3 is 2.53 bits per heavy atom. The van der Waals surface area contributed by atoms with Crippen molar-refractivity contribution in [1.29, 1.82) is 0 Å². The van der Waals surface area contributed by atoms with Gasteiger partial charge in [-0.15, -0.1) is 0 Å². The van der Waals surface area contributed by atoms with Gasteiger partial charge in [-0.1, -0.05) is 41.9 Å². The summed E-state index contributed by atoms with van der Waals surface area (Å²) in [7, 11) is 1.58. The van der Waals surface area contributed by atoms with Crippen LogP contribution in [0, 0.1) is 0 Å². The molecule has 2 aromatic rings. The molecule has 0 aliphatic carbocycles. The zero-order chi connectivity index (χ0) is 13.7. The van der Waals surface area contributed by atoms with Crippen LogP contribution in [0.2, 0.25) is 5.02 Å². The van der Waals surface area contributed by atoms with Crippen LogP contribution in [-0.2, 0) is 13.2 Å². The minimum absolute atomic E-state index is 0.348. The zero-order valence-corrected chi connectivity index (χ0v) is 11.5. The van der Waals surface area contributed by atoms with Crippen LogP contribution in [0.15, 0.2) is 42.5 Å². The smallest absolute Gasteiger partial charge is 0.166 e. The normalized spacial score (nSPS) is 10.3. The van der Waals surface area contributed by atoms with Crippen molar-refractivity contribution in [2.75, 3.05) is 7.11 Å². The highest BCUT2D eigenvalue weighted by Crippen LogP contribution is 2.35. The summed E-state index contributed by atoms with van der Waals surface area (Å²) in [6.07, 6.45) is 0. The van der Waals surface area contributed by atoms with Crippen LogP contribution in [-0.4, -0.2) is 7.11 Å². The second-order valence-electron chi connectivity index (χ2n) is 4.07. The Balaban J connectivity index is 2.23. The van der Waals surface area contributed by atoms with Gasteiger partial charge in [0.15, 0.2) is 11.5 Å². The summed E-state index contributed by atoms with van der Waals surface area (Å²) < 4.78 is 11.1. The summed E-state index contributed by atoms with van der Waals surface area (Å²) >= 11 is 6.01. The number of methoxy groups -OCH3 is 1. The minimum atomic E-state index is 0.348. The summed E-state index contributed by atoms with van der Waals surface area (Å²) in [5.74, 6) is 1.25. The number of hydrogen-bond acceptors (Lipinski definition) is 3. The van der Waals surface area contributed by atoms with Crippen LogP contribution >= 0.6 is 11.6 Å². The van der Waals surface area contributed by atoms with Crippen molar-refractivity contribution in [2.45, 2.75) is 13.2 Å². The molecule has 0 aliphatic rings. The number of benzene rings is 2. The standard InChI is InChI=1S/C15H16ClNO2/c1-18-14-8-13(16)7-12(9-17)15(14)19-10-11-5-3-2-4-6-11/h2-8H,9-10,17H2,1H3. The van der Waals surface area contributed by atoms with Crippen molar-refractivity contribution >= 4 is 11.6 Å². The first-order valence-corrected chi connectivity index (χ1v) is 6.35. The molecule has 0 spiro atoms. The van der Waals surface area contributed by atoms with Crippen LogP contribution < -0.4 is 15.2 Å². The second kappa shape index (κ2) is 6.45. The average molecular weight is 278 g/mol. The van der Waals surface area contributed by atoms with E-state index in [0.29, 0.717) is 29.7 Å². The monoisotopic (exact) mass is 277 g/mol. The molecular formula is C15H16ClNO2. The van der Waals surface area contributed by atoms with Gasteiger partial charge in [0.25, 0.3) is 0 Å². The first-order chi connectivity index (χ1) is 9.24. The highest BCUT2D eigenvalue weighted by Gasteiger charge is 2.12. The lowest BCUT2D eigenvalue weighted by Gasteiger charge is -2.15. The first-order valence-electron chi connectivity index (χ1n) is 5.97. The molecule has 0 radical (unpaired) electrons. The Kier molecular flexibility index (Phi) is 4.66. The molecule has 19 heavy (non-hydrogen) atoms. The van der Waals surface area contributed by atoms with Gasteiger partial charge in [0.1, 0.15) is 6.61 Å². The fraction of sp³-hybridized carbons (Fsp3) is 0.200. The Labute approximate surface area is 117 Å². The largest absolute Gasteiger partial charge is 0.493 e. The third kappa shape index (κ3) is 3.40. The molecule has 100 valence electrons. The predicted octanol–water partition coefficient (Wildman–Crippen LogP) is 3.39. The Hall–Kier alpha value is -1.71. The summed E-state index contributed by atoms with van der Waals surface area (Å²) in [6, 6.07) is 13.4. The molecule has 0 aromatic heterocycles. The van der Waals surface area contributed by atoms with E-state index in [2.05, 4.69) is 0 Å². The molecular weight excluding hydrogens is 262 g/mol. The number of ether oxygens (including phenoxy) is 2. The Morgan fingerprint density at radius 1 is 1.16 bits per heavy atom. The molecule has 0 heterocycles. The maximum absolute atomic E-state index is 6.01. The van der Waals surface area contributed by atoms with Gasteiger partial charge in [0.2, 0.25) is 0 Å². The molecule has 0 amide bonds. The van der Waals surface area contributed by atoms with Crippen molar-refractivity contribution in [3.05, 3.63) is 58.6 Å². The lowest BCUT2D eigenvalue weighted by Crippen LogP contribution is -2.04. The van der Waals surface area contributed by atoms with Crippen LogP contribution in [0.5, 0.6) is 11.5 Å². The molecule has 2 aromatic carbocycles. The molecule has 0 fully saturated rings. The van der Waals surface area contributed by atoms with Crippen molar-refractivity contribution < 1.29 is 9.47 Å². The zero-order valence-electron chi connectivity index (χ0n) is 10.7. The third-order valence-electron chi connectivity index (χ3n) is 2.76. The molecule has 4 heteroatoms. The number of halogens is 1. The molecule has 0 atom stereocenters. The summed E-state index contributed by atoms with van der Waals surface area (Å²) in [5.41, 5.74) is 7.64. The van der Waals surface area contributed by atoms with E-state index in [1.54, 1.807) is 19.2 Å². The molecule has 0 saturated carbocycles. The molecule has 2 N–H and O–H groups in total. The van der Waals surface area contributed by atoms with E-state index in [0.717, 1.165) is 11.1 Å². The van der Waals surface area contributed by atoms with Gasteiger partial charge in [-0.25, -0.2) is 0 Å². The van der Waals surface area contributed by atoms with E-state index in [1.165, 1.54) is 0 Å². The van der Waals surface area contributed by atoms with Crippen molar-refractivity contribution in [1.82, 2.24) is 0 Å². The fourth-order valence-corrected chi connectivity index (χ4v) is 2.05. The van der Waals surface area contributed by atoms with Gasteiger partial charge in [-0.05, 0) is 11.6 Å². The van der Waals surface area contributed by atoms with Crippen LogP contribution in [0.25, 0.3) is 0 Å². The minimum Gasteiger partial charge on any atom is -0.493 e. The van der Waals surface area contributed by atoms with Gasteiger partial charge < -0.3 is 15.2 Å². The third-order valence-corrected chi connectivity index (χ3v) is 2.98. The van der Waals surface area contributed by atoms with Gasteiger partial charge in [0, 0.05) is 23.2 Å².